The van der Waals surface area contributed by atoms with Crippen LogP contribution in [0.3, 0.4) is 0 Å². The number of nitrogens with zero attached hydrogens (tertiary/aromatic N) is 1. The maximum atomic E-state index is 12.2. The number of hydrogen-bond acceptors (Lipinski definition) is 4. The molecule has 0 N–H and O–H groups in total. The van der Waals surface area contributed by atoms with Gasteiger partial charge in [-0.15, -0.1) is 13.2 Å². The van der Waals surface area contributed by atoms with Crippen molar-refractivity contribution < 1.29 is 32.2 Å². The molecule has 1 saturated heterocycles. The molecular formula is C16H20F3NO4. The molecule has 1 fully saturated rings. The Morgan fingerprint density at radius 2 is 1.88 bits per heavy atom. The van der Waals surface area contributed by atoms with Crippen molar-refractivity contribution in [1.82, 2.24) is 4.90 Å². The van der Waals surface area contributed by atoms with Crippen molar-refractivity contribution in [3.05, 3.63) is 24.3 Å². The zero-order valence-electron chi connectivity index (χ0n) is 13.7. The molecule has 0 aromatic heterocycles. The van der Waals surface area contributed by atoms with Gasteiger partial charge in [-0.2, -0.15) is 0 Å². The van der Waals surface area contributed by atoms with E-state index in [-0.39, 0.29) is 17.6 Å². The Kier molecular flexibility index (Phi) is 5.15. The summed E-state index contributed by atoms with van der Waals surface area (Å²) in [7, 11) is 0. The van der Waals surface area contributed by atoms with Crippen LogP contribution in [0, 0.1) is 0 Å². The van der Waals surface area contributed by atoms with Crippen molar-refractivity contribution in [3.8, 4) is 11.5 Å². The largest absolute Gasteiger partial charge is 0.573 e. The number of ether oxygens (including phenoxy) is 3. The Morgan fingerprint density at radius 1 is 1.21 bits per heavy atom. The predicted octanol–water partition coefficient (Wildman–Crippen LogP) is 3.97. The smallest absolute Gasteiger partial charge is 0.488 e. The molecule has 2 rings (SSSR count). The van der Waals surface area contributed by atoms with Crippen molar-refractivity contribution in [2.75, 3.05) is 13.1 Å². The molecule has 0 spiro atoms. The topological polar surface area (TPSA) is 48.0 Å². The van der Waals surface area contributed by atoms with E-state index in [2.05, 4.69) is 4.74 Å². The molecule has 1 aliphatic rings. The summed E-state index contributed by atoms with van der Waals surface area (Å²) in [5.74, 6) is -0.0882. The molecule has 24 heavy (non-hydrogen) atoms. The maximum Gasteiger partial charge on any atom is 0.573 e. The molecule has 0 bridgehead atoms. The Morgan fingerprint density at radius 3 is 2.50 bits per heavy atom. The van der Waals surface area contributed by atoms with Crippen LogP contribution in [0.2, 0.25) is 0 Å². The van der Waals surface area contributed by atoms with Gasteiger partial charge in [0.15, 0.2) is 0 Å². The predicted molar refractivity (Wildman–Crippen MR) is 80.0 cm³/mol. The highest BCUT2D eigenvalue weighted by molar-refractivity contribution is 5.68. The lowest BCUT2D eigenvalue weighted by atomic mass is 10.2. The van der Waals surface area contributed by atoms with E-state index in [9.17, 15) is 18.0 Å². The standard InChI is InChI=1S/C16H20F3NO4/c1-15(2,3)24-14(21)20-8-7-13(10-20)22-11-5-4-6-12(9-11)23-16(17,18)19/h4-6,9,13H,7-8,10H2,1-3H3. The van der Waals surface area contributed by atoms with Crippen molar-refractivity contribution in [2.24, 2.45) is 0 Å². The molecule has 1 aliphatic heterocycles. The maximum absolute atomic E-state index is 12.2. The lowest BCUT2D eigenvalue weighted by Crippen LogP contribution is -2.36. The van der Waals surface area contributed by atoms with Gasteiger partial charge in [-0.3, -0.25) is 0 Å². The molecule has 1 heterocycles. The van der Waals surface area contributed by atoms with Gasteiger partial charge in [0, 0.05) is 19.0 Å². The van der Waals surface area contributed by atoms with Crippen LogP contribution >= 0.6 is 0 Å². The minimum Gasteiger partial charge on any atom is -0.488 e. The Bertz CT molecular complexity index is 583. The van der Waals surface area contributed by atoms with Crippen molar-refractivity contribution in [1.29, 1.82) is 0 Å². The summed E-state index contributed by atoms with van der Waals surface area (Å²) in [5, 5.41) is 0. The van der Waals surface area contributed by atoms with Gasteiger partial charge in [0.2, 0.25) is 0 Å². The average molecular weight is 347 g/mol. The highest BCUT2D eigenvalue weighted by atomic mass is 19.4. The van der Waals surface area contributed by atoms with E-state index in [1.54, 1.807) is 26.8 Å². The first-order valence-electron chi connectivity index (χ1n) is 7.52. The Balaban J connectivity index is 1.91. The third-order valence-corrected chi connectivity index (χ3v) is 3.14. The molecule has 8 heteroatoms. The summed E-state index contributed by atoms with van der Waals surface area (Å²) in [4.78, 5) is 13.5. The lowest BCUT2D eigenvalue weighted by molar-refractivity contribution is -0.274. The van der Waals surface area contributed by atoms with Crippen LogP contribution < -0.4 is 9.47 Å². The lowest BCUT2D eigenvalue weighted by Gasteiger charge is -2.24. The summed E-state index contributed by atoms with van der Waals surface area (Å²) in [6, 6.07) is 5.32. The number of likely N-dealkylation sites (tertiary alicyclic amines) is 1. The zero-order valence-corrected chi connectivity index (χ0v) is 13.7. The summed E-state index contributed by atoms with van der Waals surface area (Å²) >= 11 is 0. The number of hydrogen-bond donors (Lipinski definition) is 0. The molecule has 134 valence electrons. The summed E-state index contributed by atoms with van der Waals surface area (Å²) < 4.78 is 51.5. The molecule has 1 aromatic carbocycles. The normalized spacial score (nSPS) is 18.4. The van der Waals surface area contributed by atoms with Crippen LogP contribution in [0.1, 0.15) is 27.2 Å². The second kappa shape index (κ2) is 6.78. The summed E-state index contributed by atoms with van der Waals surface area (Å²) in [5.41, 5.74) is -0.584. The van der Waals surface area contributed by atoms with Gasteiger partial charge in [-0.05, 0) is 32.9 Å². The van der Waals surface area contributed by atoms with E-state index in [1.165, 1.54) is 23.1 Å². The van der Waals surface area contributed by atoms with Crippen molar-refractivity contribution in [3.63, 3.8) is 0 Å². The first-order valence-corrected chi connectivity index (χ1v) is 7.52. The quantitative estimate of drug-likeness (QED) is 0.830. The minimum absolute atomic E-state index is 0.257. The number of carbonyl (C=O) groups excluding carboxylic acids is 1. The zero-order chi connectivity index (χ0) is 18.0. The van der Waals surface area contributed by atoms with E-state index in [4.69, 9.17) is 9.47 Å². The molecule has 0 saturated carbocycles. The van der Waals surface area contributed by atoms with Crippen molar-refractivity contribution in [2.45, 2.75) is 45.3 Å². The van der Waals surface area contributed by atoms with Gasteiger partial charge in [-0.25, -0.2) is 4.79 Å². The highest BCUT2D eigenvalue weighted by Gasteiger charge is 2.32. The van der Waals surface area contributed by atoms with Crippen LogP contribution in [0.15, 0.2) is 24.3 Å². The monoisotopic (exact) mass is 347 g/mol. The van der Waals surface area contributed by atoms with Crippen LogP contribution in [-0.4, -0.2) is 42.2 Å². The average Bonchev–Trinajstić information content (AvgIpc) is 2.83. The number of rotatable bonds is 3. The van der Waals surface area contributed by atoms with Gasteiger partial charge in [0.25, 0.3) is 0 Å². The van der Waals surface area contributed by atoms with Gasteiger partial charge in [-0.1, -0.05) is 6.07 Å². The fourth-order valence-corrected chi connectivity index (χ4v) is 2.25. The number of alkyl halides is 3. The molecule has 0 radical (unpaired) electrons. The van der Waals surface area contributed by atoms with Crippen LogP contribution in [0.25, 0.3) is 0 Å². The number of amides is 1. The number of halogens is 3. The number of carbonyl (C=O) groups is 1. The molecule has 0 aliphatic carbocycles. The summed E-state index contributed by atoms with van der Waals surface area (Å²) in [6.45, 7) is 6.13. The third-order valence-electron chi connectivity index (χ3n) is 3.14. The molecular weight excluding hydrogens is 327 g/mol. The van der Waals surface area contributed by atoms with Gasteiger partial charge in [0.1, 0.15) is 23.2 Å². The van der Waals surface area contributed by atoms with E-state index < -0.39 is 18.1 Å². The Labute approximate surface area is 138 Å². The van der Waals surface area contributed by atoms with E-state index >= 15 is 0 Å². The molecule has 1 atom stereocenters. The molecule has 1 aromatic rings. The highest BCUT2D eigenvalue weighted by Crippen LogP contribution is 2.27. The Hall–Kier alpha value is -2.12. The molecule has 1 amide bonds. The fourth-order valence-electron chi connectivity index (χ4n) is 2.25. The van der Waals surface area contributed by atoms with E-state index in [0.29, 0.717) is 19.5 Å². The SMILES string of the molecule is CC(C)(C)OC(=O)N1CCC(Oc2cccc(OC(F)(F)F)c2)C1. The minimum atomic E-state index is -4.75. The molecule has 1 unspecified atom stereocenters. The van der Waals surface area contributed by atoms with Crippen LogP contribution in [0.5, 0.6) is 11.5 Å². The third kappa shape index (κ3) is 5.82. The van der Waals surface area contributed by atoms with Gasteiger partial charge in [0.05, 0.1) is 6.54 Å². The fraction of sp³-hybridized carbons (Fsp3) is 0.562. The van der Waals surface area contributed by atoms with E-state index in [0.717, 1.165) is 0 Å². The van der Waals surface area contributed by atoms with E-state index in [1.807, 2.05) is 0 Å². The van der Waals surface area contributed by atoms with Gasteiger partial charge < -0.3 is 19.1 Å². The second-order valence-electron chi connectivity index (χ2n) is 6.48. The van der Waals surface area contributed by atoms with Gasteiger partial charge >= 0.3 is 12.5 Å². The first-order chi connectivity index (χ1) is 11.0. The summed E-state index contributed by atoms with van der Waals surface area (Å²) in [6.07, 6.45) is -4.91. The number of benzene rings is 1. The van der Waals surface area contributed by atoms with Crippen LogP contribution in [0.4, 0.5) is 18.0 Å². The second-order valence-corrected chi connectivity index (χ2v) is 6.48. The molecule has 5 nitrogen and oxygen atoms in total. The van der Waals surface area contributed by atoms with Crippen molar-refractivity contribution >= 4 is 6.09 Å². The first kappa shape index (κ1) is 18.2. The van der Waals surface area contributed by atoms with Crippen LogP contribution in [-0.2, 0) is 4.74 Å².